The molecule has 13 heteroatoms. The number of aromatic nitrogens is 3. The standard InChI is InChI=1S/C22H24ClFN8O3/c1-35-16-12-31(13-16)20(33)19-17(24)11-26-21(28-19)29-4-6-30(7-5-29)22(34)32-18(2-3-27-32)14-8-15(23)10-25-9-14/h3,8-11,16,18H,2,4-7,12-13H2,1H3/t18-/m0/s1. The van der Waals surface area contributed by atoms with Gasteiger partial charge in [-0.15, -0.1) is 0 Å². The van der Waals surface area contributed by atoms with Crippen LogP contribution in [0.2, 0.25) is 5.02 Å². The van der Waals surface area contributed by atoms with Gasteiger partial charge in [0, 0.05) is 71.4 Å². The van der Waals surface area contributed by atoms with E-state index in [2.05, 4.69) is 20.1 Å². The number of hydrogen-bond acceptors (Lipinski definition) is 8. The molecule has 3 amide bonds. The monoisotopic (exact) mass is 502 g/mol. The lowest BCUT2D eigenvalue weighted by Crippen LogP contribution is -2.55. The van der Waals surface area contributed by atoms with Gasteiger partial charge in [0.25, 0.3) is 5.91 Å². The number of halogens is 2. The van der Waals surface area contributed by atoms with Crippen LogP contribution in [0.1, 0.15) is 28.5 Å². The number of carbonyl (C=O) groups is 2. The van der Waals surface area contributed by atoms with E-state index in [-0.39, 0.29) is 29.8 Å². The maximum absolute atomic E-state index is 14.3. The Morgan fingerprint density at radius 2 is 1.89 bits per heavy atom. The zero-order chi connectivity index (χ0) is 24.5. The number of carbonyl (C=O) groups excluding carboxylic acids is 2. The third-order valence-corrected chi connectivity index (χ3v) is 6.58. The first-order valence-corrected chi connectivity index (χ1v) is 11.6. The molecule has 184 valence electrons. The van der Waals surface area contributed by atoms with Crippen molar-refractivity contribution in [2.45, 2.75) is 18.6 Å². The van der Waals surface area contributed by atoms with Gasteiger partial charge in [0.05, 0.1) is 23.4 Å². The lowest BCUT2D eigenvalue weighted by atomic mass is 10.1. The van der Waals surface area contributed by atoms with Gasteiger partial charge < -0.3 is 19.4 Å². The van der Waals surface area contributed by atoms with E-state index in [0.717, 1.165) is 11.8 Å². The molecule has 2 aromatic rings. The summed E-state index contributed by atoms with van der Waals surface area (Å²) in [4.78, 5) is 43.2. The lowest BCUT2D eigenvalue weighted by molar-refractivity contribution is -0.0197. The van der Waals surface area contributed by atoms with Crippen LogP contribution < -0.4 is 4.90 Å². The van der Waals surface area contributed by atoms with E-state index in [1.807, 2.05) is 4.90 Å². The Kier molecular flexibility index (Phi) is 6.48. The summed E-state index contributed by atoms with van der Waals surface area (Å²) in [5.74, 6) is -0.990. The van der Waals surface area contributed by atoms with Crippen molar-refractivity contribution in [1.82, 2.24) is 29.8 Å². The van der Waals surface area contributed by atoms with Gasteiger partial charge >= 0.3 is 6.03 Å². The molecule has 0 bridgehead atoms. The van der Waals surface area contributed by atoms with Crippen molar-refractivity contribution >= 4 is 35.7 Å². The number of anilines is 1. The SMILES string of the molecule is COC1CN(C(=O)c2nc(N3CCN(C(=O)N4N=CC[C@H]4c4cncc(Cl)c4)CC3)ncc2F)C1. The molecule has 3 aliphatic rings. The second-order valence-electron chi connectivity index (χ2n) is 8.52. The quantitative estimate of drug-likeness (QED) is 0.627. The van der Waals surface area contributed by atoms with E-state index < -0.39 is 11.7 Å². The van der Waals surface area contributed by atoms with E-state index in [0.29, 0.717) is 50.7 Å². The molecule has 0 saturated carbocycles. The zero-order valence-electron chi connectivity index (χ0n) is 19.0. The van der Waals surface area contributed by atoms with E-state index >= 15 is 0 Å². The van der Waals surface area contributed by atoms with Crippen LogP contribution in [0.3, 0.4) is 0 Å². The molecule has 11 nitrogen and oxygen atoms in total. The molecule has 2 saturated heterocycles. The molecule has 0 aliphatic carbocycles. The van der Waals surface area contributed by atoms with Gasteiger partial charge in [-0.25, -0.2) is 24.2 Å². The molecule has 0 spiro atoms. The minimum absolute atomic E-state index is 0.0383. The Morgan fingerprint density at radius 1 is 1.11 bits per heavy atom. The van der Waals surface area contributed by atoms with Crippen molar-refractivity contribution in [2.24, 2.45) is 5.10 Å². The summed E-state index contributed by atoms with van der Waals surface area (Å²) in [6.07, 6.45) is 6.49. The maximum atomic E-state index is 14.3. The average molecular weight is 503 g/mol. The molecule has 0 unspecified atom stereocenters. The van der Waals surface area contributed by atoms with Crippen molar-refractivity contribution in [3.63, 3.8) is 0 Å². The third-order valence-electron chi connectivity index (χ3n) is 6.37. The number of hydrazone groups is 1. The summed E-state index contributed by atoms with van der Waals surface area (Å²) < 4.78 is 19.5. The maximum Gasteiger partial charge on any atom is 0.341 e. The Hall–Kier alpha value is -3.38. The zero-order valence-corrected chi connectivity index (χ0v) is 19.8. The number of amides is 3. The number of methoxy groups -OCH3 is 1. The van der Waals surface area contributed by atoms with Crippen LogP contribution in [-0.4, -0.2) is 100 Å². The van der Waals surface area contributed by atoms with Crippen LogP contribution in [-0.2, 0) is 4.74 Å². The fourth-order valence-corrected chi connectivity index (χ4v) is 4.47. The van der Waals surface area contributed by atoms with E-state index in [9.17, 15) is 14.0 Å². The van der Waals surface area contributed by atoms with Crippen LogP contribution in [0, 0.1) is 5.82 Å². The van der Waals surface area contributed by atoms with Crippen molar-refractivity contribution < 1.29 is 18.7 Å². The second-order valence-corrected chi connectivity index (χ2v) is 8.96. The summed E-state index contributed by atoms with van der Waals surface area (Å²) >= 11 is 6.07. The van der Waals surface area contributed by atoms with Gasteiger partial charge in [0.2, 0.25) is 5.95 Å². The number of pyridine rings is 1. The number of ether oxygens (including phenoxy) is 1. The van der Waals surface area contributed by atoms with Crippen LogP contribution in [0.5, 0.6) is 0 Å². The Labute approximate surface area is 206 Å². The average Bonchev–Trinajstić information content (AvgIpc) is 3.33. The Morgan fingerprint density at radius 3 is 2.60 bits per heavy atom. The highest BCUT2D eigenvalue weighted by Crippen LogP contribution is 2.30. The number of urea groups is 1. The highest BCUT2D eigenvalue weighted by atomic mass is 35.5. The van der Waals surface area contributed by atoms with Crippen LogP contribution in [0.15, 0.2) is 29.8 Å². The molecule has 5 heterocycles. The summed E-state index contributed by atoms with van der Waals surface area (Å²) in [6, 6.07) is 1.30. The van der Waals surface area contributed by atoms with E-state index in [1.165, 1.54) is 9.91 Å². The van der Waals surface area contributed by atoms with Gasteiger partial charge in [-0.1, -0.05) is 11.6 Å². The van der Waals surface area contributed by atoms with Gasteiger partial charge in [0.1, 0.15) is 0 Å². The molecule has 2 aromatic heterocycles. The Bertz CT molecular complexity index is 1150. The molecule has 1 atom stereocenters. The summed E-state index contributed by atoms with van der Waals surface area (Å²) in [6.45, 7) is 2.47. The second kappa shape index (κ2) is 9.70. The van der Waals surface area contributed by atoms with Crippen molar-refractivity contribution in [3.05, 3.63) is 46.8 Å². The highest BCUT2D eigenvalue weighted by Gasteiger charge is 2.35. The molecule has 35 heavy (non-hydrogen) atoms. The van der Waals surface area contributed by atoms with Crippen LogP contribution in [0.25, 0.3) is 0 Å². The number of piperazine rings is 1. The molecular weight excluding hydrogens is 479 g/mol. The molecule has 0 aromatic carbocycles. The summed E-state index contributed by atoms with van der Waals surface area (Å²) in [5, 5.41) is 6.23. The van der Waals surface area contributed by atoms with E-state index in [4.69, 9.17) is 16.3 Å². The molecule has 3 aliphatic heterocycles. The number of nitrogens with zero attached hydrogens (tertiary/aromatic N) is 8. The molecule has 0 radical (unpaired) electrons. The largest absolute Gasteiger partial charge is 0.378 e. The van der Waals surface area contributed by atoms with Crippen molar-refractivity contribution in [3.8, 4) is 0 Å². The van der Waals surface area contributed by atoms with Crippen LogP contribution >= 0.6 is 11.6 Å². The number of hydrogen-bond donors (Lipinski definition) is 0. The highest BCUT2D eigenvalue weighted by molar-refractivity contribution is 6.30. The van der Waals surface area contributed by atoms with Crippen LogP contribution in [0.4, 0.5) is 15.1 Å². The fourth-order valence-electron chi connectivity index (χ4n) is 4.29. The number of likely N-dealkylation sites (tertiary alicyclic amines) is 1. The van der Waals surface area contributed by atoms with Gasteiger partial charge in [-0.2, -0.15) is 5.10 Å². The fraction of sp³-hybridized carbons (Fsp3) is 0.455. The number of rotatable bonds is 4. The van der Waals surface area contributed by atoms with E-state index in [1.54, 1.807) is 36.7 Å². The topological polar surface area (TPSA) is 107 Å². The minimum atomic E-state index is -0.762. The molecule has 5 rings (SSSR count). The predicted octanol–water partition coefficient (Wildman–Crippen LogP) is 1.81. The van der Waals surface area contributed by atoms with Crippen molar-refractivity contribution in [1.29, 1.82) is 0 Å². The Balaban J connectivity index is 1.22. The van der Waals surface area contributed by atoms with Crippen molar-refractivity contribution in [2.75, 3.05) is 51.3 Å². The first-order chi connectivity index (χ1) is 16.9. The predicted molar refractivity (Wildman–Crippen MR) is 125 cm³/mol. The van der Waals surface area contributed by atoms with Gasteiger partial charge in [-0.3, -0.25) is 9.78 Å². The first-order valence-electron chi connectivity index (χ1n) is 11.2. The smallest absolute Gasteiger partial charge is 0.341 e. The lowest BCUT2D eigenvalue weighted by Gasteiger charge is -2.38. The summed E-state index contributed by atoms with van der Waals surface area (Å²) in [5.41, 5.74) is 0.561. The first kappa shape index (κ1) is 23.4. The van der Waals surface area contributed by atoms with Gasteiger partial charge in [-0.05, 0) is 11.6 Å². The minimum Gasteiger partial charge on any atom is -0.378 e. The van der Waals surface area contributed by atoms with Gasteiger partial charge in [0.15, 0.2) is 11.5 Å². The normalized spacial score (nSPS) is 20.4. The third kappa shape index (κ3) is 4.63. The summed E-state index contributed by atoms with van der Waals surface area (Å²) in [7, 11) is 1.57. The molecule has 0 N–H and O–H groups in total. The molecule has 2 fully saturated rings. The molecular formula is C22H24ClFN8O3.